The van der Waals surface area contributed by atoms with Crippen LogP contribution in [0.5, 0.6) is 5.75 Å². The highest BCUT2D eigenvalue weighted by atomic mass is 35.5. The zero-order valence-corrected chi connectivity index (χ0v) is 11.5. The Hall–Kier alpha value is -2.18. The minimum atomic E-state index is 0.141. The van der Waals surface area contributed by atoms with Gasteiger partial charge in [-0.3, -0.25) is 0 Å². The van der Waals surface area contributed by atoms with Gasteiger partial charge in [-0.2, -0.15) is 5.26 Å². The van der Waals surface area contributed by atoms with E-state index in [1.165, 1.54) is 0 Å². The summed E-state index contributed by atoms with van der Waals surface area (Å²) in [6.07, 6.45) is 1.77. The summed E-state index contributed by atoms with van der Waals surface area (Å²) >= 11 is 6.18. The quantitative estimate of drug-likeness (QED) is 0.876. The Morgan fingerprint density at radius 2 is 2.15 bits per heavy atom. The van der Waals surface area contributed by atoms with Crippen LogP contribution < -0.4 is 5.32 Å². The van der Waals surface area contributed by atoms with Crippen molar-refractivity contribution in [3.8, 4) is 11.8 Å². The van der Waals surface area contributed by atoms with Gasteiger partial charge in [-0.25, -0.2) is 0 Å². The van der Waals surface area contributed by atoms with Crippen molar-refractivity contribution < 1.29 is 5.11 Å². The fourth-order valence-electron chi connectivity index (χ4n) is 2.67. The van der Waals surface area contributed by atoms with Crippen molar-refractivity contribution in [2.24, 2.45) is 0 Å². The Morgan fingerprint density at radius 3 is 2.90 bits per heavy atom. The monoisotopic (exact) mass is 284 g/mol. The summed E-state index contributed by atoms with van der Waals surface area (Å²) in [5.41, 5.74) is 3.48. The van der Waals surface area contributed by atoms with Gasteiger partial charge in [0.05, 0.1) is 28.4 Å². The van der Waals surface area contributed by atoms with Gasteiger partial charge in [0.25, 0.3) is 0 Å². The topological polar surface area (TPSA) is 56.0 Å². The molecule has 3 rings (SSSR count). The van der Waals surface area contributed by atoms with Crippen molar-refractivity contribution in [3.05, 3.63) is 58.1 Å². The summed E-state index contributed by atoms with van der Waals surface area (Å²) in [4.78, 5) is 0. The molecule has 3 nitrogen and oxygen atoms in total. The maximum atomic E-state index is 9.85. The van der Waals surface area contributed by atoms with Crippen LogP contribution in [0.4, 0.5) is 5.69 Å². The van der Waals surface area contributed by atoms with E-state index in [1.54, 1.807) is 18.2 Å². The summed E-state index contributed by atoms with van der Waals surface area (Å²) in [5, 5.41) is 22.6. The van der Waals surface area contributed by atoms with E-state index < -0.39 is 0 Å². The van der Waals surface area contributed by atoms with E-state index in [0.717, 1.165) is 29.7 Å². The average molecular weight is 285 g/mol. The van der Waals surface area contributed by atoms with Crippen molar-refractivity contribution in [3.63, 3.8) is 0 Å². The number of nitrogens with zero attached hydrogens (tertiary/aromatic N) is 1. The predicted molar refractivity (Wildman–Crippen MR) is 79.0 cm³/mol. The standard InChI is InChI=1S/C16H13ClN2O/c17-13-8-10(9-18)4-6-15(13)19-14-7-5-12-11(14)2-1-3-16(12)20/h1-4,6,8,14,19-20H,5,7H2. The van der Waals surface area contributed by atoms with Crippen molar-refractivity contribution >= 4 is 17.3 Å². The third-order valence-corrected chi connectivity index (χ3v) is 3.99. The number of hydrogen-bond donors (Lipinski definition) is 2. The van der Waals surface area contributed by atoms with E-state index in [4.69, 9.17) is 16.9 Å². The smallest absolute Gasteiger partial charge is 0.119 e. The fraction of sp³-hybridized carbons (Fsp3) is 0.188. The van der Waals surface area contributed by atoms with Crippen LogP contribution in [0.1, 0.15) is 29.2 Å². The van der Waals surface area contributed by atoms with Crippen molar-refractivity contribution in [2.75, 3.05) is 5.32 Å². The minimum Gasteiger partial charge on any atom is -0.508 e. The molecule has 0 saturated heterocycles. The van der Waals surface area contributed by atoms with E-state index >= 15 is 0 Å². The van der Waals surface area contributed by atoms with E-state index in [-0.39, 0.29) is 6.04 Å². The number of phenolic OH excluding ortho intramolecular Hbond substituents is 1. The van der Waals surface area contributed by atoms with E-state index in [2.05, 4.69) is 11.4 Å². The van der Waals surface area contributed by atoms with Crippen LogP contribution in [-0.4, -0.2) is 5.11 Å². The second kappa shape index (κ2) is 5.07. The molecule has 2 aromatic carbocycles. The lowest BCUT2D eigenvalue weighted by Gasteiger charge is -2.17. The Labute approximate surface area is 122 Å². The molecule has 0 aliphatic heterocycles. The normalized spacial score (nSPS) is 16.5. The first kappa shape index (κ1) is 12.8. The highest BCUT2D eigenvalue weighted by molar-refractivity contribution is 6.33. The number of rotatable bonds is 2. The molecule has 1 unspecified atom stereocenters. The predicted octanol–water partition coefficient (Wildman–Crippen LogP) is 4.02. The molecule has 1 atom stereocenters. The van der Waals surface area contributed by atoms with Crippen LogP contribution in [-0.2, 0) is 6.42 Å². The van der Waals surface area contributed by atoms with Gasteiger partial charge in [0.1, 0.15) is 5.75 Å². The highest BCUT2D eigenvalue weighted by Crippen LogP contribution is 2.39. The number of hydrogen-bond acceptors (Lipinski definition) is 3. The minimum absolute atomic E-state index is 0.141. The molecule has 4 heteroatoms. The van der Waals surface area contributed by atoms with Gasteiger partial charge in [0.2, 0.25) is 0 Å². The number of aromatic hydroxyl groups is 1. The summed E-state index contributed by atoms with van der Waals surface area (Å²) in [7, 11) is 0. The highest BCUT2D eigenvalue weighted by Gasteiger charge is 2.24. The zero-order chi connectivity index (χ0) is 14.1. The SMILES string of the molecule is N#Cc1ccc(NC2CCc3c(O)cccc32)c(Cl)c1. The maximum Gasteiger partial charge on any atom is 0.119 e. The molecule has 2 aromatic rings. The third kappa shape index (κ3) is 2.19. The fourth-order valence-corrected chi connectivity index (χ4v) is 2.91. The van der Waals surface area contributed by atoms with Crippen LogP contribution in [0.25, 0.3) is 0 Å². The molecule has 0 radical (unpaired) electrons. The van der Waals surface area contributed by atoms with Crippen molar-refractivity contribution in [2.45, 2.75) is 18.9 Å². The van der Waals surface area contributed by atoms with Crippen molar-refractivity contribution in [1.82, 2.24) is 0 Å². The number of halogens is 1. The molecule has 2 N–H and O–H groups in total. The van der Waals surface area contributed by atoms with Crippen LogP contribution in [0, 0.1) is 11.3 Å². The molecule has 0 bridgehead atoms. The molecule has 20 heavy (non-hydrogen) atoms. The Balaban J connectivity index is 1.88. The molecule has 1 aliphatic carbocycles. The number of anilines is 1. The number of nitrogens with one attached hydrogen (secondary N) is 1. The molecule has 1 aliphatic rings. The third-order valence-electron chi connectivity index (χ3n) is 3.67. The summed E-state index contributed by atoms with van der Waals surface area (Å²) in [5.74, 6) is 0.359. The molecule has 0 spiro atoms. The molecule has 0 saturated carbocycles. The van der Waals surface area contributed by atoms with Gasteiger partial charge < -0.3 is 10.4 Å². The van der Waals surface area contributed by atoms with Crippen LogP contribution in [0.15, 0.2) is 36.4 Å². The second-order valence-electron chi connectivity index (χ2n) is 4.89. The summed E-state index contributed by atoms with van der Waals surface area (Å²) in [6.45, 7) is 0. The zero-order valence-electron chi connectivity index (χ0n) is 10.7. The molecule has 100 valence electrons. The molecule has 0 aromatic heterocycles. The summed E-state index contributed by atoms with van der Waals surface area (Å²) in [6, 6.07) is 13.0. The molecule has 0 amide bonds. The Kier molecular flexibility index (Phi) is 3.25. The number of phenols is 1. The molecular formula is C16H13ClN2O. The molecule has 0 fully saturated rings. The first-order valence-electron chi connectivity index (χ1n) is 6.46. The second-order valence-corrected chi connectivity index (χ2v) is 5.29. The maximum absolute atomic E-state index is 9.85. The lowest BCUT2D eigenvalue weighted by Crippen LogP contribution is -2.07. The summed E-state index contributed by atoms with van der Waals surface area (Å²) < 4.78 is 0. The van der Waals surface area contributed by atoms with E-state index in [1.807, 2.05) is 18.2 Å². The lowest BCUT2D eigenvalue weighted by atomic mass is 10.1. The van der Waals surface area contributed by atoms with Gasteiger partial charge in [-0.1, -0.05) is 23.7 Å². The lowest BCUT2D eigenvalue weighted by molar-refractivity contribution is 0.469. The van der Waals surface area contributed by atoms with Crippen LogP contribution >= 0.6 is 11.6 Å². The Morgan fingerprint density at radius 1 is 1.30 bits per heavy atom. The van der Waals surface area contributed by atoms with Crippen molar-refractivity contribution in [1.29, 1.82) is 5.26 Å². The van der Waals surface area contributed by atoms with Gasteiger partial charge in [-0.05, 0) is 48.2 Å². The number of nitriles is 1. The molecule has 0 heterocycles. The molecular weight excluding hydrogens is 272 g/mol. The first-order chi connectivity index (χ1) is 9.69. The first-order valence-corrected chi connectivity index (χ1v) is 6.84. The largest absolute Gasteiger partial charge is 0.508 e. The van der Waals surface area contributed by atoms with E-state index in [0.29, 0.717) is 16.3 Å². The average Bonchev–Trinajstić information content (AvgIpc) is 2.86. The Bertz CT molecular complexity index is 706. The van der Waals surface area contributed by atoms with Gasteiger partial charge in [0.15, 0.2) is 0 Å². The number of fused-ring (bicyclic) bond motifs is 1. The van der Waals surface area contributed by atoms with E-state index in [9.17, 15) is 5.11 Å². The van der Waals surface area contributed by atoms with Crippen LogP contribution in [0.3, 0.4) is 0 Å². The van der Waals surface area contributed by atoms with Gasteiger partial charge in [-0.15, -0.1) is 0 Å². The van der Waals surface area contributed by atoms with Crippen LogP contribution in [0.2, 0.25) is 5.02 Å². The van der Waals surface area contributed by atoms with Gasteiger partial charge in [0, 0.05) is 0 Å². The number of benzene rings is 2. The van der Waals surface area contributed by atoms with Gasteiger partial charge >= 0.3 is 0 Å².